The number of imidazole rings is 1. The van der Waals surface area contributed by atoms with Gasteiger partial charge in [-0.05, 0) is 43.2 Å². The largest absolute Gasteiger partial charge is 0.472 e. The van der Waals surface area contributed by atoms with Crippen molar-refractivity contribution in [1.82, 2.24) is 14.9 Å². The second kappa shape index (κ2) is 7.60. The molecular weight excluding hydrogens is 326 g/mol. The van der Waals surface area contributed by atoms with Crippen molar-refractivity contribution in [1.29, 1.82) is 0 Å². The zero-order chi connectivity index (χ0) is 17.8. The van der Waals surface area contributed by atoms with E-state index in [0.29, 0.717) is 18.0 Å². The van der Waals surface area contributed by atoms with Crippen LogP contribution in [0.5, 0.6) is 0 Å². The molecule has 1 aliphatic rings. The van der Waals surface area contributed by atoms with E-state index in [9.17, 15) is 4.79 Å². The fourth-order valence-corrected chi connectivity index (χ4v) is 3.91. The number of H-pyrrole nitrogens is 1. The highest BCUT2D eigenvalue weighted by Gasteiger charge is 2.30. The van der Waals surface area contributed by atoms with E-state index in [2.05, 4.69) is 40.3 Å². The molecule has 5 nitrogen and oxygen atoms in total. The molecule has 0 unspecified atom stereocenters. The molecule has 0 aliphatic heterocycles. The molecule has 2 heterocycles. The molecule has 3 aromatic rings. The number of furan rings is 1. The van der Waals surface area contributed by atoms with E-state index in [1.165, 1.54) is 11.8 Å². The van der Waals surface area contributed by atoms with Crippen LogP contribution in [0.1, 0.15) is 53.3 Å². The quantitative estimate of drug-likeness (QED) is 0.744. The van der Waals surface area contributed by atoms with Crippen LogP contribution in [0.2, 0.25) is 0 Å². The van der Waals surface area contributed by atoms with Gasteiger partial charge in [-0.25, -0.2) is 4.98 Å². The Hall–Kier alpha value is -2.82. The van der Waals surface area contributed by atoms with Gasteiger partial charge in [-0.1, -0.05) is 30.3 Å². The summed E-state index contributed by atoms with van der Waals surface area (Å²) >= 11 is 0. The lowest BCUT2D eigenvalue weighted by Gasteiger charge is -2.36. The summed E-state index contributed by atoms with van der Waals surface area (Å²) in [6.45, 7) is 0.498. The summed E-state index contributed by atoms with van der Waals surface area (Å²) in [5.74, 6) is 1.41. The van der Waals surface area contributed by atoms with E-state index < -0.39 is 0 Å². The third-order valence-corrected chi connectivity index (χ3v) is 5.31. The lowest BCUT2D eigenvalue weighted by atomic mass is 9.81. The minimum atomic E-state index is 0.0123. The molecule has 1 amide bonds. The van der Waals surface area contributed by atoms with Gasteiger partial charge in [0.2, 0.25) is 0 Å². The molecule has 1 aliphatic carbocycles. The Morgan fingerprint density at radius 3 is 2.62 bits per heavy atom. The van der Waals surface area contributed by atoms with Gasteiger partial charge >= 0.3 is 0 Å². The lowest BCUT2D eigenvalue weighted by Crippen LogP contribution is -2.41. The zero-order valence-electron chi connectivity index (χ0n) is 14.7. The number of nitrogens with zero attached hydrogens (tertiary/aromatic N) is 2. The molecule has 0 saturated heterocycles. The number of aromatic amines is 1. The SMILES string of the molecule is O=C(c1ccoc1)N(Cc1ncc[nH]1)C1CCC(c2ccccc2)CC1. The molecule has 1 aromatic carbocycles. The molecule has 0 radical (unpaired) electrons. The van der Waals surface area contributed by atoms with E-state index >= 15 is 0 Å². The third-order valence-electron chi connectivity index (χ3n) is 5.31. The van der Waals surface area contributed by atoms with Gasteiger partial charge in [-0.2, -0.15) is 0 Å². The van der Waals surface area contributed by atoms with Gasteiger partial charge in [0.05, 0.1) is 18.4 Å². The summed E-state index contributed by atoms with van der Waals surface area (Å²) in [6, 6.07) is 12.6. The van der Waals surface area contributed by atoms with Crippen molar-refractivity contribution in [2.24, 2.45) is 0 Å². The van der Waals surface area contributed by atoms with Crippen molar-refractivity contribution >= 4 is 5.91 Å². The summed E-state index contributed by atoms with van der Waals surface area (Å²) in [5.41, 5.74) is 2.01. The van der Waals surface area contributed by atoms with Gasteiger partial charge in [-0.3, -0.25) is 4.79 Å². The highest BCUT2D eigenvalue weighted by Crippen LogP contribution is 2.35. The summed E-state index contributed by atoms with van der Waals surface area (Å²) in [5, 5.41) is 0. The number of carbonyl (C=O) groups is 1. The Kier molecular flexibility index (Phi) is 4.86. The normalized spacial score (nSPS) is 20.0. The van der Waals surface area contributed by atoms with E-state index in [-0.39, 0.29) is 11.9 Å². The first-order valence-corrected chi connectivity index (χ1v) is 9.17. The number of hydrogen-bond donors (Lipinski definition) is 1. The van der Waals surface area contributed by atoms with Crippen LogP contribution >= 0.6 is 0 Å². The predicted octanol–water partition coefficient (Wildman–Crippen LogP) is 4.37. The molecule has 26 heavy (non-hydrogen) atoms. The van der Waals surface area contributed by atoms with Crippen molar-refractivity contribution in [2.75, 3.05) is 0 Å². The molecule has 0 atom stereocenters. The Morgan fingerprint density at radius 1 is 1.15 bits per heavy atom. The number of rotatable bonds is 5. The minimum Gasteiger partial charge on any atom is -0.472 e. The van der Waals surface area contributed by atoms with Crippen molar-refractivity contribution in [3.63, 3.8) is 0 Å². The van der Waals surface area contributed by atoms with E-state index in [4.69, 9.17) is 4.42 Å². The minimum absolute atomic E-state index is 0.0123. The molecule has 0 spiro atoms. The number of carbonyl (C=O) groups excluding carboxylic acids is 1. The summed E-state index contributed by atoms with van der Waals surface area (Å²) in [4.78, 5) is 22.4. The molecule has 1 N–H and O–H groups in total. The molecule has 2 aromatic heterocycles. The van der Waals surface area contributed by atoms with E-state index in [0.717, 1.165) is 31.5 Å². The lowest BCUT2D eigenvalue weighted by molar-refractivity contribution is 0.0598. The Labute approximate surface area is 153 Å². The molecule has 1 saturated carbocycles. The zero-order valence-corrected chi connectivity index (χ0v) is 14.7. The molecule has 4 rings (SSSR count). The van der Waals surface area contributed by atoms with Crippen LogP contribution in [0, 0.1) is 0 Å². The maximum Gasteiger partial charge on any atom is 0.257 e. The van der Waals surface area contributed by atoms with Crippen LogP contribution < -0.4 is 0 Å². The fourth-order valence-electron chi connectivity index (χ4n) is 3.91. The van der Waals surface area contributed by atoms with Crippen LogP contribution in [0.15, 0.2) is 65.7 Å². The van der Waals surface area contributed by atoms with Crippen LogP contribution in [0.25, 0.3) is 0 Å². The third kappa shape index (κ3) is 3.57. The van der Waals surface area contributed by atoms with Crippen LogP contribution in [-0.4, -0.2) is 26.8 Å². The van der Waals surface area contributed by atoms with Gasteiger partial charge < -0.3 is 14.3 Å². The standard InChI is InChI=1S/C21H23N3O2/c25-21(18-10-13-26-15-18)24(14-20-22-11-12-23-20)19-8-6-17(7-9-19)16-4-2-1-3-5-16/h1-5,10-13,15,17,19H,6-9,14H2,(H,22,23). The molecule has 134 valence electrons. The van der Waals surface area contributed by atoms with Crippen molar-refractivity contribution in [3.05, 3.63) is 78.3 Å². The first kappa shape index (κ1) is 16.6. The van der Waals surface area contributed by atoms with Crippen LogP contribution in [-0.2, 0) is 6.54 Å². The monoisotopic (exact) mass is 349 g/mol. The molecular formula is C21H23N3O2. The average Bonchev–Trinajstić information content (AvgIpc) is 3.40. The smallest absolute Gasteiger partial charge is 0.257 e. The predicted molar refractivity (Wildman–Crippen MR) is 98.6 cm³/mol. The molecule has 0 bridgehead atoms. The first-order chi connectivity index (χ1) is 12.8. The van der Waals surface area contributed by atoms with Gasteiger partial charge in [0.15, 0.2) is 0 Å². The Bertz CT molecular complexity index is 804. The number of nitrogens with one attached hydrogen (secondary N) is 1. The second-order valence-corrected chi connectivity index (χ2v) is 6.90. The number of aromatic nitrogens is 2. The van der Waals surface area contributed by atoms with E-state index in [1.54, 1.807) is 24.7 Å². The highest BCUT2D eigenvalue weighted by molar-refractivity contribution is 5.94. The number of hydrogen-bond acceptors (Lipinski definition) is 3. The maximum absolute atomic E-state index is 13.0. The van der Waals surface area contributed by atoms with Crippen LogP contribution in [0.3, 0.4) is 0 Å². The highest BCUT2D eigenvalue weighted by atomic mass is 16.3. The molecule has 5 heteroatoms. The van der Waals surface area contributed by atoms with Crippen LogP contribution in [0.4, 0.5) is 0 Å². The summed E-state index contributed by atoms with van der Waals surface area (Å²) < 4.78 is 5.11. The average molecular weight is 349 g/mol. The molecule has 1 fully saturated rings. The fraction of sp³-hybridized carbons (Fsp3) is 0.333. The number of amides is 1. The van der Waals surface area contributed by atoms with Crippen molar-refractivity contribution in [3.8, 4) is 0 Å². The maximum atomic E-state index is 13.0. The summed E-state index contributed by atoms with van der Waals surface area (Å²) in [6.07, 6.45) is 10.8. The van der Waals surface area contributed by atoms with Crippen molar-refractivity contribution < 1.29 is 9.21 Å². The van der Waals surface area contributed by atoms with Gasteiger partial charge in [0.1, 0.15) is 12.1 Å². The van der Waals surface area contributed by atoms with Gasteiger partial charge in [0, 0.05) is 18.4 Å². The first-order valence-electron chi connectivity index (χ1n) is 9.17. The van der Waals surface area contributed by atoms with Gasteiger partial charge in [-0.15, -0.1) is 0 Å². The summed E-state index contributed by atoms with van der Waals surface area (Å²) in [7, 11) is 0. The number of benzene rings is 1. The Morgan fingerprint density at radius 2 is 1.96 bits per heavy atom. The Balaban J connectivity index is 1.48. The van der Waals surface area contributed by atoms with E-state index in [1.807, 2.05) is 4.90 Å². The topological polar surface area (TPSA) is 62.1 Å². The van der Waals surface area contributed by atoms with Crippen molar-refractivity contribution in [2.45, 2.75) is 44.2 Å². The second-order valence-electron chi connectivity index (χ2n) is 6.90. The van der Waals surface area contributed by atoms with Gasteiger partial charge in [0.25, 0.3) is 5.91 Å².